The summed E-state index contributed by atoms with van der Waals surface area (Å²) in [7, 11) is 0. The van der Waals surface area contributed by atoms with E-state index in [1.54, 1.807) is 0 Å². The van der Waals surface area contributed by atoms with E-state index >= 15 is 0 Å². The van der Waals surface area contributed by atoms with Crippen molar-refractivity contribution >= 4 is 17.3 Å². The molecule has 0 fully saturated rings. The molecule has 0 aliphatic heterocycles. The zero-order chi connectivity index (χ0) is 12.1. The molecule has 16 heavy (non-hydrogen) atoms. The molecule has 0 atom stereocenters. The summed E-state index contributed by atoms with van der Waals surface area (Å²) >= 11 is 6.09. The highest BCUT2D eigenvalue weighted by molar-refractivity contribution is 6.31. The van der Waals surface area contributed by atoms with Crippen molar-refractivity contribution in [1.82, 2.24) is 0 Å². The van der Waals surface area contributed by atoms with Crippen LogP contribution in [0.3, 0.4) is 0 Å². The fraction of sp³-hybridized carbons (Fsp3) is 0.538. The van der Waals surface area contributed by atoms with E-state index < -0.39 is 0 Å². The van der Waals surface area contributed by atoms with E-state index in [2.05, 4.69) is 26.1 Å². The molecule has 0 aliphatic rings. The highest BCUT2D eigenvalue weighted by Gasteiger charge is 2.07. The third-order valence-electron chi connectivity index (χ3n) is 2.20. The first-order chi connectivity index (χ1) is 7.54. The molecule has 0 unspecified atom stereocenters. The van der Waals surface area contributed by atoms with Crippen LogP contribution >= 0.6 is 11.6 Å². The Hall–Kier alpha value is -0.890. The molecule has 0 spiro atoms. The molecule has 2 nitrogen and oxygen atoms in total. The number of halogens is 1. The lowest BCUT2D eigenvalue weighted by molar-refractivity contribution is 0.272. The third-order valence-corrected chi connectivity index (χ3v) is 2.61. The summed E-state index contributed by atoms with van der Waals surface area (Å²) in [6.07, 6.45) is 0. The highest BCUT2D eigenvalue weighted by Crippen LogP contribution is 2.31. The Kier molecular flexibility index (Phi) is 4.94. The fourth-order valence-electron chi connectivity index (χ4n) is 1.36. The van der Waals surface area contributed by atoms with Gasteiger partial charge in [0.25, 0.3) is 0 Å². The normalized spacial score (nSPS) is 10.6. The number of hydrogen-bond acceptors (Lipinski definition) is 2. The molecule has 90 valence electrons. The van der Waals surface area contributed by atoms with Gasteiger partial charge in [-0.2, -0.15) is 0 Å². The molecular weight excluding hydrogens is 222 g/mol. The van der Waals surface area contributed by atoms with Gasteiger partial charge in [0.05, 0.1) is 12.3 Å². The second-order valence-electron chi connectivity index (χ2n) is 4.33. The van der Waals surface area contributed by atoms with E-state index in [-0.39, 0.29) is 0 Å². The Balaban J connectivity index is 2.90. The molecule has 0 aliphatic carbocycles. The van der Waals surface area contributed by atoms with Gasteiger partial charge < -0.3 is 10.1 Å². The molecule has 1 rings (SSSR count). The maximum Gasteiger partial charge on any atom is 0.142 e. The maximum atomic E-state index is 6.09. The van der Waals surface area contributed by atoms with Gasteiger partial charge in [-0.1, -0.05) is 25.4 Å². The summed E-state index contributed by atoms with van der Waals surface area (Å²) in [5.74, 6) is 1.41. The van der Waals surface area contributed by atoms with Crippen molar-refractivity contribution in [3.8, 4) is 5.75 Å². The second kappa shape index (κ2) is 6.00. The minimum atomic E-state index is 0.519. The molecule has 3 heteroatoms. The van der Waals surface area contributed by atoms with Crippen molar-refractivity contribution in [2.75, 3.05) is 18.5 Å². The Morgan fingerprint density at radius 2 is 2.06 bits per heavy atom. The average molecular weight is 242 g/mol. The van der Waals surface area contributed by atoms with Gasteiger partial charge in [-0.15, -0.1) is 0 Å². The van der Waals surface area contributed by atoms with Crippen LogP contribution in [0.1, 0.15) is 26.3 Å². The molecule has 0 amide bonds. The lowest BCUT2D eigenvalue weighted by atomic mass is 10.2. The van der Waals surface area contributed by atoms with Crippen LogP contribution in [0.15, 0.2) is 12.1 Å². The van der Waals surface area contributed by atoms with Gasteiger partial charge in [-0.05, 0) is 37.5 Å². The molecule has 0 heterocycles. The Morgan fingerprint density at radius 3 is 2.62 bits per heavy atom. The molecule has 1 N–H and O–H groups in total. The summed E-state index contributed by atoms with van der Waals surface area (Å²) in [6.45, 7) is 9.89. The van der Waals surface area contributed by atoms with E-state index in [0.717, 1.165) is 35.2 Å². The van der Waals surface area contributed by atoms with E-state index in [9.17, 15) is 0 Å². The minimum absolute atomic E-state index is 0.519. The van der Waals surface area contributed by atoms with E-state index in [4.69, 9.17) is 16.3 Å². The molecule has 0 saturated carbocycles. The second-order valence-corrected chi connectivity index (χ2v) is 4.74. The van der Waals surface area contributed by atoms with Gasteiger partial charge in [-0.25, -0.2) is 0 Å². The predicted molar refractivity (Wildman–Crippen MR) is 70.7 cm³/mol. The van der Waals surface area contributed by atoms with Crippen molar-refractivity contribution in [3.05, 3.63) is 22.7 Å². The smallest absolute Gasteiger partial charge is 0.142 e. The zero-order valence-corrected chi connectivity index (χ0v) is 11.2. The van der Waals surface area contributed by atoms with Crippen LogP contribution in [0.4, 0.5) is 5.69 Å². The molecule has 0 radical (unpaired) electrons. The van der Waals surface area contributed by atoms with Crippen LogP contribution < -0.4 is 10.1 Å². The fourth-order valence-corrected chi connectivity index (χ4v) is 1.52. The van der Waals surface area contributed by atoms with Gasteiger partial charge in [0.15, 0.2) is 0 Å². The highest BCUT2D eigenvalue weighted by atomic mass is 35.5. The first kappa shape index (κ1) is 13.2. The van der Waals surface area contributed by atoms with Crippen LogP contribution in [0.25, 0.3) is 0 Å². The van der Waals surface area contributed by atoms with Crippen LogP contribution in [-0.4, -0.2) is 13.2 Å². The molecular formula is C13H20ClNO. The number of benzene rings is 1. The van der Waals surface area contributed by atoms with Gasteiger partial charge in [0.1, 0.15) is 5.75 Å². The molecule has 1 aromatic carbocycles. The molecule has 1 aromatic rings. The minimum Gasteiger partial charge on any atom is -0.491 e. The summed E-state index contributed by atoms with van der Waals surface area (Å²) in [5, 5.41) is 4.03. The quantitative estimate of drug-likeness (QED) is 0.838. The van der Waals surface area contributed by atoms with Crippen molar-refractivity contribution in [3.63, 3.8) is 0 Å². The molecule has 0 saturated heterocycles. The van der Waals surface area contributed by atoms with Crippen LogP contribution in [0.2, 0.25) is 5.02 Å². The Labute approximate surface area is 103 Å². The summed E-state index contributed by atoms with van der Waals surface area (Å²) in [4.78, 5) is 0. The van der Waals surface area contributed by atoms with Crippen molar-refractivity contribution < 1.29 is 4.74 Å². The van der Waals surface area contributed by atoms with Crippen molar-refractivity contribution in [2.24, 2.45) is 5.92 Å². The number of aryl methyl sites for hydroxylation is 1. The van der Waals surface area contributed by atoms with Gasteiger partial charge in [0, 0.05) is 11.6 Å². The number of ether oxygens (including phenoxy) is 1. The first-order valence-corrected chi connectivity index (χ1v) is 6.09. The average Bonchev–Trinajstić information content (AvgIpc) is 2.21. The van der Waals surface area contributed by atoms with Crippen LogP contribution in [-0.2, 0) is 0 Å². The Bertz CT molecular complexity index is 350. The lowest BCUT2D eigenvalue weighted by Crippen LogP contribution is -2.07. The van der Waals surface area contributed by atoms with Crippen molar-refractivity contribution in [2.45, 2.75) is 27.7 Å². The zero-order valence-electron chi connectivity index (χ0n) is 10.4. The van der Waals surface area contributed by atoms with Crippen molar-refractivity contribution in [1.29, 1.82) is 0 Å². The number of anilines is 1. The largest absolute Gasteiger partial charge is 0.491 e. The standard InChI is InChI=1S/C13H20ClNO/c1-5-15-12-7-11(14)10(4)6-13(12)16-8-9(2)3/h6-7,9,15H,5,8H2,1-4H3. The number of hydrogen-bond donors (Lipinski definition) is 1. The van der Waals surface area contributed by atoms with Crippen LogP contribution in [0, 0.1) is 12.8 Å². The molecule has 0 aromatic heterocycles. The van der Waals surface area contributed by atoms with Crippen LogP contribution in [0.5, 0.6) is 5.75 Å². The molecule has 0 bridgehead atoms. The van der Waals surface area contributed by atoms with Gasteiger partial charge in [-0.3, -0.25) is 0 Å². The summed E-state index contributed by atoms with van der Waals surface area (Å²) in [5.41, 5.74) is 2.01. The summed E-state index contributed by atoms with van der Waals surface area (Å²) in [6, 6.07) is 3.92. The number of rotatable bonds is 5. The monoisotopic (exact) mass is 241 g/mol. The Morgan fingerprint density at radius 1 is 1.38 bits per heavy atom. The maximum absolute atomic E-state index is 6.09. The van der Waals surface area contributed by atoms with E-state index in [0.29, 0.717) is 5.92 Å². The third kappa shape index (κ3) is 3.60. The predicted octanol–water partition coefficient (Wildman–Crippen LogP) is 4.12. The van der Waals surface area contributed by atoms with E-state index in [1.807, 2.05) is 19.1 Å². The SMILES string of the molecule is CCNc1cc(Cl)c(C)cc1OCC(C)C. The van der Waals surface area contributed by atoms with E-state index in [1.165, 1.54) is 0 Å². The first-order valence-electron chi connectivity index (χ1n) is 5.71. The lowest BCUT2D eigenvalue weighted by Gasteiger charge is -2.15. The number of nitrogens with one attached hydrogen (secondary N) is 1. The van der Waals surface area contributed by atoms with Gasteiger partial charge >= 0.3 is 0 Å². The summed E-state index contributed by atoms with van der Waals surface area (Å²) < 4.78 is 5.77. The topological polar surface area (TPSA) is 21.3 Å². The van der Waals surface area contributed by atoms with Gasteiger partial charge in [0.2, 0.25) is 0 Å².